The van der Waals surface area contributed by atoms with E-state index in [0.717, 1.165) is 43.1 Å². The van der Waals surface area contributed by atoms with Crippen molar-refractivity contribution in [1.29, 1.82) is 0 Å². The Kier molecular flexibility index (Phi) is 4.50. The Morgan fingerprint density at radius 3 is 2.61 bits per heavy atom. The molecular formula is C17H21N5O. The highest BCUT2D eigenvalue weighted by Crippen LogP contribution is 2.19. The molecule has 1 aliphatic rings. The molecule has 3 rings (SSSR count). The van der Waals surface area contributed by atoms with Crippen LogP contribution in [0.15, 0.2) is 30.7 Å². The molecule has 1 fully saturated rings. The number of rotatable bonds is 3. The van der Waals surface area contributed by atoms with E-state index in [1.165, 1.54) is 0 Å². The van der Waals surface area contributed by atoms with E-state index >= 15 is 0 Å². The molecule has 1 aliphatic heterocycles. The van der Waals surface area contributed by atoms with Gasteiger partial charge in [-0.15, -0.1) is 0 Å². The number of nitrogens with zero attached hydrogens (tertiary/aromatic N) is 4. The van der Waals surface area contributed by atoms with Crippen molar-refractivity contribution in [2.24, 2.45) is 0 Å². The van der Waals surface area contributed by atoms with Crippen molar-refractivity contribution in [2.75, 3.05) is 18.4 Å². The van der Waals surface area contributed by atoms with Crippen LogP contribution in [-0.2, 0) is 0 Å². The van der Waals surface area contributed by atoms with Crippen molar-refractivity contribution < 1.29 is 4.79 Å². The van der Waals surface area contributed by atoms with Gasteiger partial charge in [-0.2, -0.15) is 0 Å². The average molecular weight is 311 g/mol. The van der Waals surface area contributed by atoms with Crippen LogP contribution >= 0.6 is 0 Å². The minimum atomic E-state index is 0.0833. The fourth-order valence-electron chi connectivity index (χ4n) is 2.77. The molecule has 23 heavy (non-hydrogen) atoms. The fraction of sp³-hybridized carbons (Fsp3) is 0.412. The molecule has 1 saturated heterocycles. The SMILES string of the molecule is Cc1ncc(C)c(NC2CCN(C(=O)c3ccncc3)CC2)n1. The van der Waals surface area contributed by atoms with Crippen molar-refractivity contribution in [3.8, 4) is 0 Å². The van der Waals surface area contributed by atoms with Crippen LogP contribution < -0.4 is 5.32 Å². The minimum absolute atomic E-state index is 0.0833. The van der Waals surface area contributed by atoms with Gasteiger partial charge in [0.05, 0.1) is 0 Å². The second-order valence-electron chi connectivity index (χ2n) is 5.90. The van der Waals surface area contributed by atoms with E-state index in [-0.39, 0.29) is 5.91 Å². The van der Waals surface area contributed by atoms with Crippen molar-refractivity contribution in [3.05, 3.63) is 47.7 Å². The Morgan fingerprint density at radius 1 is 1.22 bits per heavy atom. The number of anilines is 1. The Bertz CT molecular complexity index is 681. The maximum absolute atomic E-state index is 12.4. The van der Waals surface area contributed by atoms with Crippen LogP contribution in [0, 0.1) is 13.8 Å². The van der Waals surface area contributed by atoms with Crippen molar-refractivity contribution in [3.63, 3.8) is 0 Å². The van der Waals surface area contributed by atoms with Crippen molar-refractivity contribution >= 4 is 11.7 Å². The highest BCUT2D eigenvalue weighted by atomic mass is 16.2. The molecular weight excluding hydrogens is 290 g/mol. The third-order valence-electron chi connectivity index (χ3n) is 4.14. The molecule has 0 atom stereocenters. The first-order valence-corrected chi connectivity index (χ1v) is 7.89. The average Bonchev–Trinajstić information content (AvgIpc) is 2.59. The number of hydrogen-bond acceptors (Lipinski definition) is 5. The molecule has 6 heteroatoms. The van der Waals surface area contributed by atoms with Crippen LogP contribution in [0.4, 0.5) is 5.82 Å². The van der Waals surface area contributed by atoms with Crippen molar-refractivity contribution in [2.45, 2.75) is 32.7 Å². The zero-order valence-electron chi connectivity index (χ0n) is 13.5. The predicted molar refractivity (Wildman–Crippen MR) is 88.3 cm³/mol. The van der Waals surface area contributed by atoms with Gasteiger partial charge in [0, 0.05) is 48.8 Å². The number of likely N-dealkylation sites (tertiary alicyclic amines) is 1. The number of carbonyl (C=O) groups excluding carboxylic acids is 1. The van der Waals surface area contributed by atoms with Gasteiger partial charge in [0.15, 0.2) is 0 Å². The molecule has 0 radical (unpaired) electrons. The molecule has 2 aromatic heterocycles. The summed E-state index contributed by atoms with van der Waals surface area (Å²) < 4.78 is 0. The lowest BCUT2D eigenvalue weighted by Crippen LogP contribution is -2.42. The molecule has 2 aromatic rings. The van der Waals surface area contributed by atoms with Crippen LogP contribution in [0.5, 0.6) is 0 Å². The van der Waals surface area contributed by atoms with Crippen LogP contribution in [0.3, 0.4) is 0 Å². The van der Waals surface area contributed by atoms with Crippen LogP contribution in [-0.4, -0.2) is 44.9 Å². The Balaban J connectivity index is 1.58. The Hall–Kier alpha value is -2.50. The first-order chi connectivity index (χ1) is 11.1. The van der Waals surface area contributed by atoms with Crippen LogP contribution in [0.2, 0.25) is 0 Å². The second-order valence-corrected chi connectivity index (χ2v) is 5.90. The number of carbonyl (C=O) groups is 1. The van der Waals surface area contributed by atoms with Crippen molar-refractivity contribution in [1.82, 2.24) is 19.9 Å². The number of piperidine rings is 1. The van der Waals surface area contributed by atoms with E-state index in [4.69, 9.17) is 0 Å². The summed E-state index contributed by atoms with van der Waals surface area (Å²) in [4.78, 5) is 26.9. The van der Waals surface area contributed by atoms with E-state index in [0.29, 0.717) is 11.6 Å². The van der Waals surface area contributed by atoms with Gasteiger partial charge in [-0.3, -0.25) is 9.78 Å². The molecule has 120 valence electrons. The van der Waals surface area contributed by atoms with E-state index in [9.17, 15) is 4.79 Å². The topological polar surface area (TPSA) is 71.0 Å². The van der Waals surface area contributed by atoms with E-state index in [1.807, 2.05) is 24.9 Å². The summed E-state index contributed by atoms with van der Waals surface area (Å²) in [5.41, 5.74) is 1.75. The predicted octanol–water partition coefficient (Wildman–Crippen LogP) is 2.21. The lowest BCUT2D eigenvalue weighted by Gasteiger charge is -2.33. The number of nitrogens with one attached hydrogen (secondary N) is 1. The van der Waals surface area contributed by atoms with E-state index < -0.39 is 0 Å². The van der Waals surface area contributed by atoms with Gasteiger partial charge in [0.25, 0.3) is 5.91 Å². The second kappa shape index (κ2) is 6.73. The van der Waals surface area contributed by atoms with E-state index in [2.05, 4.69) is 20.3 Å². The first kappa shape index (κ1) is 15.4. The largest absolute Gasteiger partial charge is 0.367 e. The highest BCUT2D eigenvalue weighted by molar-refractivity contribution is 5.94. The number of pyridine rings is 1. The number of aromatic nitrogens is 3. The summed E-state index contributed by atoms with van der Waals surface area (Å²) >= 11 is 0. The number of hydrogen-bond donors (Lipinski definition) is 1. The van der Waals surface area contributed by atoms with Gasteiger partial charge in [0.2, 0.25) is 0 Å². The minimum Gasteiger partial charge on any atom is -0.367 e. The zero-order chi connectivity index (χ0) is 16.2. The Morgan fingerprint density at radius 2 is 1.91 bits per heavy atom. The smallest absolute Gasteiger partial charge is 0.253 e. The number of amides is 1. The molecule has 3 heterocycles. The standard InChI is InChI=1S/C17H21N5O/c1-12-11-19-13(2)20-16(12)21-15-5-9-22(10-6-15)17(23)14-3-7-18-8-4-14/h3-4,7-8,11,15H,5-6,9-10H2,1-2H3,(H,19,20,21). The molecule has 0 spiro atoms. The summed E-state index contributed by atoms with van der Waals surface area (Å²) in [5.74, 6) is 1.75. The molecule has 0 unspecified atom stereocenters. The molecule has 1 amide bonds. The molecule has 0 bridgehead atoms. The maximum Gasteiger partial charge on any atom is 0.253 e. The molecule has 0 aliphatic carbocycles. The van der Waals surface area contributed by atoms with Gasteiger partial charge >= 0.3 is 0 Å². The Labute approximate surface area is 136 Å². The third kappa shape index (κ3) is 3.64. The summed E-state index contributed by atoms with van der Waals surface area (Å²) in [7, 11) is 0. The normalized spacial score (nSPS) is 15.5. The monoisotopic (exact) mass is 311 g/mol. The van der Waals surface area contributed by atoms with Gasteiger partial charge in [-0.25, -0.2) is 9.97 Å². The van der Waals surface area contributed by atoms with E-state index in [1.54, 1.807) is 24.5 Å². The first-order valence-electron chi connectivity index (χ1n) is 7.89. The molecule has 0 aromatic carbocycles. The summed E-state index contributed by atoms with van der Waals surface area (Å²) in [6.45, 7) is 5.40. The highest BCUT2D eigenvalue weighted by Gasteiger charge is 2.24. The van der Waals surface area contributed by atoms with Gasteiger partial charge in [-0.05, 0) is 38.8 Å². The van der Waals surface area contributed by atoms with Gasteiger partial charge in [-0.1, -0.05) is 0 Å². The molecule has 6 nitrogen and oxygen atoms in total. The fourth-order valence-corrected chi connectivity index (χ4v) is 2.77. The lowest BCUT2D eigenvalue weighted by atomic mass is 10.0. The summed E-state index contributed by atoms with van der Waals surface area (Å²) in [6.07, 6.45) is 6.98. The lowest BCUT2D eigenvalue weighted by molar-refractivity contribution is 0.0718. The van der Waals surface area contributed by atoms with Gasteiger partial charge in [0.1, 0.15) is 11.6 Å². The summed E-state index contributed by atoms with van der Waals surface area (Å²) in [6, 6.07) is 3.86. The quantitative estimate of drug-likeness (QED) is 0.941. The van der Waals surface area contributed by atoms with Crippen LogP contribution in [0.1, 0.15) is 34.6 Å². The zero-order valence-corrected chi connectivity index (χ0v) is 13.5. The maximum atomic E-state index is 12.4. The number of aryl methyl sites for hydroxylation is 2. The third-order valence-corrected chi connectivity index (χ3v) is 4.14. The van der Waals surface area contributed by atoms with Gasteiger partial charge < -0.3 is 10.2 Å². The molecule has 0 saturated carbocycles. The molecule has 1 N–H and O–H groups in total. The summed E-state index contributed by atoms with van der Waals surface area (Å²) in [5, 5.41) is 3.49. The van der Waals surface area contributed by atoms with Crippen LogP contribution in [0.25, 0.3) is 0 Å².